The molecule has 1 aliphatic rings. The highest BCUT2D eigenvalue weighted by Crippen LogP contribution is 2.24. The van der Waals surface area contributed by atoms with Crippen LogP contribution < -0.4 is 10.1 Å². The van der Waals surface area contributed by atoms with E-state index in [1.807, 2.05) is 42.3 Å². The lowest BCUT2D eigenvalue weighted by Crippen LogP contribution is -2.30. The third kappa shape index (κ3) is 5.52. The molecule has 0 atom stereocenters. The van der Waals surface area contributed by atoms with E-state index < -0.39 is 10.0 Å². The molecule has 0 spiro atoms. The van der Waals surface area contributed by atoms with Gasteiger partial charge in [-0.25, -0.2) is 8.42 Å². The van der Waals surface area contributed by atoms with Crippen LogP contribution in [0.4, 0.5) is 5.69 Å². The van der Waals surface area contributed by atoms with E-state index in [0.29, 0.717) is 25.3 Å². The van der Waals surface area contributed by atoms with Crippen LogP contribution >= 0.6 is 0 Å². The number of nitrogens with one attached hydrogen (secondary N) is 1. The number of anilines is 1. The number of benzene rings is 3. The molecule has 174 valence electrons. The molecule has 0 aliphatic carbocycles. The Balaban J connectivity index is 1.37. The van der Waals surface area contributed by atoms with Gasteiger partial charge in [0.15, 0.2) is 0 Å². The lowest BCUT2D eigenvalue weighted by Gasteiger charge is -2.18. The number of nitrogens with zero attached hydrogens (tertiary/aromatic N) is 2. The van der Waals surface area contributed by atoms with Crippen molar-refractivity contribution in [3.63, 3.8) is 0 Å². The summed E-state index contributed by atoms with van der Waals surface area (Å²) in [4.78, 5) is 14.7. The van der Waals surface area contributed by atoms with Crippen LogP contribution in [-0.4, -0.2) is 57.3 Å². The minimum absolute atomic E-state index is 0.184. The van der Waals surface area contributed by atoms with Crippen molar-refractivity contribution in [2.45, 2.75) is 24.3 Å². The number of sulfonamides is 1. The predicted octanol–water partition coefficient (Wildman–Crippen LogP) is 3.70. The number of methoxy groups -OCH3 is 1. The van der Waals surface area contributed by atoms with Crippen LogP contribution in [0.25, 0.3) is 10.8 Å². The summed E-state index contributed by atoms with van der Waals surface area (Å²) in [6, 6.07) is 18.6. The van der Waals surface area contributed by atoms with Gasteiger partial charge in [0.1, 0.15) is 5.75 Å². The largest absolute Gasteiger partial charge is 0.497 e. The Bertz CT molecular complexity index is 1250. The Hall–Kier alpha value is -2.94. The van der Waals surface area contributed by atoms with Gasteiger partial charge < -0.3 is 10.1 Å². The van der Waals surface area contributed by atoms with Gasteiger partial charge in [-0.15, -0.1) is 0 Å². The quantitative estimate of drug-likeness (QED) is 0.547. The Morgan fingerprint density at radius 2 is 1.76 bits per heavy atom. The van der Waals surface area contributed by atoms with E-state index in [1.54, 1.807) is 25.3 Å². The molecule has 1 heterocycles. The molecular formula is C25H29N3O4S. The Labute approximate surface area is 195 Å². The fourth-order valence-corrected chi connectivity index (χ4v) is 5.69. The van der Waals surface area contributed by atoms with Crippen LogP contribution in [0.5, 0.6) is 5.75 Å². The first-order valence-corrected chi connectivity index (χ1v) is 12.4. The van der Waals surface area contributed by atoms with Gasteiger partial charge in [0, 0.05) is 25.3 Å². The van der Waals surface area contributed by atoms with Crippen molar-refractivity contribution in [3.05, 3.63) is 66.2 Å². The molecule has 1 aliphatic heterocycles. The first-order chi connectivity index (χ1) is 15.8. The highest BCUT2D eigenvalue weighted by molar-refractivity contribution is 7.89. The number of fused-ring (bicyclic) bond motifs is 1. The van der Waals surface area contributed by atoms with Gasteiger partial charge in [-0.2, -0.15) is 4.31 Å². The number of carbonyl (C=O) groups is 1. The molecule has 3 aromatic carbocycles. The summed E-state index contributed by atoms with van der Waals surface area (Å²) in [5, 5.41) is 5.04. The third-order valence-corrected chi connectivity index (χ3v) is 7.69. The van der Waals surface area contributed by atoms with E-state index in [0.717, 1.165) is 34.9 Å². The standard InChI is InChI=1S/C25H29N3O4S/c1-27(17-19-8-9-21-15-23(32-2)11-10-20(21)14-19)18-25(29)26-22-6-5-7-24(16-22)33(30,31)28-12-3-4-13-28/h5-11,14-16H,3-4,12-13,17-18H2,1-2H3,(H,26,29). The Kier molecular flexibility index (Phi) is 6.97. The normalized spacial score (nSPS) is 14.6. The van der Waals surface area contributed by atoms with E-state index in [2.05, 4.69) is 11.4 Å². The molecule has 1 amide bonds. The highest BCUT2D eigenvalue weighted by atomic mass is 32.2. The summed E-state index contributed by atoms with van der Waals surface area (Å²) < 4.78 is 32.3. The summed E-state index contributed by atoms with van der Waals surface area (Å²) >= 11 is 0. The molecule has 0 bridgehead atoms. The number of hydrogen-bond acceptors (Lipinski definition) is 5. The number of ether oxygens (including phenoxy) is 1. The molecule has 1 saturated heterocycles. The molecule has 0 radical (unpaired) electrons. The Morgan fingerprint density at radius 3 is 2.52 bits per heavy atom. The smallest absolute Gasteiger partial charge is 0.243 e. The van der Waals surface area contributed by atoms with Crippen LogP contribution in [0, 0.1) is 0 Å². The van der Waals surface area contributed by atoms with Crippen molar-refractivity contribution in [1.29, 1.82) is 0 Å². The molecular weight excluding hydrogens is 438 g/mol. The zero-order valence-corrected chi connectivity index (χ0v) is 19.8. The predicted molar refractivity (Wildman–Crippen MR) is 130 cm³/mol. The number of amides is 1. The van der Waals surface area contributed by atoms with E-state index in [1.165, 1.54) is 10.4 Å². The third-order valence-electron chi connectivity index (χ3n) is 5.80. The van der Waals surface area contributed by atoms with Gasteiger partial charge in [0.05, 0.1) is 18.6 Å². The first kappa shape index (κ1) is 23.2. The average molecular weight is 468 g/mol. The molecule has 3 aromatic rings. The zero-order chi connectivity index (χ0) is 23.4. The maximum absolute atomic E-state index is 12.8. The molecule has 4 rings (SSSR count). The number of carbonyl (C=O) groups excluding carboxylic acids is 1. The van der Waals surface area contributed by atoms with Crippen molar-refractivity contribution in [2.75, 3.05) is 39.1 Å². The first-order valence-electron chi connectivity index (χ1n) is 11.0. The van der Waals surface area contributed by atoms with Gasteiger partial charge in [0.25, 0.3) is 0 Å². The molecule has 0 unspecified atom stereocenters. The summed E-state index contributed by atoms with van der Waals surface area (Å²) in [6.07, 6.45) is 1.76. The summed E-state index contributed by atoms with van der Waals surface area (Å²) in [7, 11) is 0.0126. The molecule has 1 N–H and O–H groups in total. The second-order valence-electron chi connectivity index (χ2n) is 8.41. The summed E-state index contributed by atoms with van der Waals surface area (Å²) in [6.45, 7) is 1.89. The van der Waals surface area contributed by atoms with E-state index in [4.69, 9.17) is 4.74 Å². The average Bonchev–Trinajstić information content (AvgIpc) is 3.34. The second kappa shape index (κ2) is 9.91. The number of likely N-dealkylation sites (N-methyl/N-ethyl adjacent to an activating group) is 1. The monoisotopic (exact) mass is 467 g/mol. The summed E-state index contributed by atoms with van der Waals surface area (Å²) in [5.74, 6) is 0.625. The van der Waals surface area contributed by atoms with Crippen LogP contribution in [0.3, 0.4) is 0 Å². The van der Waals surface area contributed by atoms with Crippen molar-refractivity contribution < 1.29 is 17.9 Å². The fraction of sp³-hybridized carbons (Fsp3) is 0.320. The van der Waals surface area contributed by atoms with Gasteiger partial charge in [-0.05, 0) is 72.6 Å². The molecule has 33 heavy (non-hydrogen) atoms. The lowest BCUT2D eigenvalue weighted by molar-refractivity contribution is -0.117. The van der Waals surface area contributed by atoms with Gasteiger partial charge in [-0.3, -0.25) is 9.69 Å². The molecule has 0 aromatic heterocycles. The number of hydrogen-bond donors (Lipinski definition) is 1. The minimum Gasteiger partial charge on any atom is -0.497 e. The molecule has 0 saturated carbocycles. The maximum Gasteiger partial charge on any atom is 0.243 e. The van der Waals surface area contributed by atoms with E-state index >= 15 is 0 Å². The van der Waals surface area contributed by atoms with Gasteiger partial charge in [0.2, 0.25) is 15.9 Å². The van der Waals surface area contributed by atoms with Crippen LogP contribution in [-0.2, 0) is 21.4 Å². The maximum atomic E-state index is 12.8. The SMILES string of the molecule is COc1ccc2cc(CN(C)CC(=O)Nc3cccc(S(=O)(=O)N4CCCC4)c3)ccc2c1. The van der Waals surface area contributed by atoms with Gasteiger partial charge >= 0.3 is 0 Å². The minimum atomic E-state index is -3.52. The Morgan fingerprint density at radius 1 is 1.03 bits per heavy atom. The topological polar surface area (TPSA) is 79.0 Å². The lowest BCUT2D eigenvalue weighted by atomic mass is 10.1. The van der Waals surface area contributed by atoms with Crippen molar-refractivity contribution >= 4 is 32.4 Å². The van der Waals surface area contributed by atoms with E-state index in [-0.39, 0.29) is 17.3 Å². The van der Waals surface area contributed by atoms with Crippen molar-refractivity contribution in [3.8, 4) is 5.75 Å². The fourth-order valence-electron chi connectivity index (χ4n) is 4.12. The molecule has 7 nitrogen and oxygen atoms in total. The second-order valence-corrected chi connectivity index (χ2v) is 10.3. The highest BCUT2D eigenvalue weighted by Gasteiger charge is 2.27. The summed E-state index contributed by atoms with van der Waals surface area (Å²) in [5.41, 5.74) is 1.58. The van der Waals surface area contributed by atoms with Crippen LogP contribution in [0.15, 0.2) is 65.6 Å². The van der Waals surface area contributed by atoms with Crippen molar-refractivity contribution in [1.82, 2.24) is 9.21 Å². The van der Waals surface area contributed by atoms with Crippen molar-refractivity contribution in [2.24, 2.45) is 0 Å². The van der Waals surface area contributed by atoms with Crippen LogP contribution in [0.1, 0.15) is 18.4 Å². The van der Waals surface area contributed by atoms with Crippen LogP contribution in [0.2, 0.25) is 0 Å². The molecule has 8 heteroatoms. The zero-order valence-electron chi connectivity index (χ0n) is 19.0. The number of rotatable bonds is 8. The van der Waals surface area contributed by atoms with Gasteiger partial charge in [-0.1, -0.05) is 24.3 Å². The van der Waals surface area contributed by atoms with E-state index in [9.17, 15) is 13.2 Å². The molecule has 1 fully saturated rings.